The number of rotatable bonds is 7. The van der Waals surface area contributed by atoms with Crippen molar-refractivity contribution < 1.29 is 0 Å². The molecule has 0 radical (unpaired) electrons. The molecule has 0 spiro atoms. The second-order valence-corrected chi connectivity index (χ2v) is 6.20. The van der Waals surface area contributed by atoms with Gasteiger partial charge in [-0.15, -0.1) is 0 Å². The molecule has 0 fully saturated rings. The lowest BCUT2D eigenvalue weighted by Crippen LogP contribution is -2.26. The number of aryl methyl sites for hydroxylation is 1. The van der Waals surface area contributed by atoms with E-state index in [4.69, 9.17) is 5.73 Å². The van der Waals surface area contributed by atoms with Gasteiger partial charge in [0.25, 0.3) is 0 Å². The minimum absolute atomic E-state index is 0.282. The molecule has 0 aromatic heterocycles. The van der Waals surface area contributed by atoms with E-state index < -0.39 is 0 Å². The van der Waals surface area contributed by atoms with Crippen LogP contribution < -0.4 is 5.73 Å². The molecule has 2 heteroatoms. The van der Waals surface area contributed by atoms with Gasteiger partial charge in [0.1, 0.15) is 0 Å². The van der Waals surface area contributed by atoms with Crippen LogP contribution in [0.2, 0.25) is 0 Å². The fourth-order valence-corrected chi connectivity index (χ4v) is 2.13. The third kappa shape index (κ3) is 5.65. The van der Waals surface area contributed by atoms with E-state index in [0.29, 0.717) is 0 Å². The normalized spacial score (nSPS) is 12.1. The van der Waals surface area contributed by atoms with Crippen molar-refractivity contribution in [1.82, 2.24) is 4.90 Å². The molecule has 0 atom stereocenters. The maximum Gasteiger partial charge on any atom is 0.0230 e. The Labute approximate surface area is 112 Å². The van der Waals surface area contributed by atoms with Gasteiger partial charge in [-0.25, -0.2) is 0 Å². The highest BCUT2D eigenvalue weighted by molar-refractivity contribution is 5.21. The average Bonchev–Trinajstić information content (AvgIpc) is 2.28. The number of hydrogen-bond donors (Lipinski definition) is 1. The molecule has 0 unspecified atom stereocenters. The van der Waals surface area contributed by atoms with Crippen LogP contribution in [0, 0.1) is 12.3 Å². The second-order valence-electron chi connectivity index (χ2n) is 6.20. The molecule has 102 valence electrons. The molecule has 18 heavy (non-hydrogen) atoms. The van der Waals surface area contributed by atoms with E-state index in [0.717, 1.165) is 19.6 Å². The molecule has 2 nitrogen and oxygen atoms in total. The molecule has 1 aromatic carbocycles. The maximum atomic E-state index is 5.75. The van der Waals surface area contributed by atoms with Gasteiger partial charge >= 0.3 is 0 Å². The third-order valence-electron chi connectivity index (χ3n) is 3.48. The zero-order valence-electron chi connectivity index (χ0n) is 12.4. The molecule has 0 heterocycles. The Morgan fingerprint density at radius 1 is 1.28 bits per heavy atom. The van der Waals surface area contributed by atoms with Gasteiger partial charge in [-0.2, -0.15) is 0 Å². The van der Waals surface area contributed by atoms with Crippen LogP contribution in [0.1, 0.15) is 37.8 Å². The van der Waals surface area contributed by atoms with Gasteiger partial charge in [0.2, 0.25) is 0 Å². The third-order valence-corrected chi connectivity index (χ3v) is 3.48. The summed E-state index contributed by atoms with van der Waals surface area (Å²) in [6.45, 7) is 9.57. The molecule has 2 N–H and O–H groups in total. The van der Waals surface area contributed by atoms with Crippen LogP contribution in [0.4, 0.5) is 0 Å². The molecule has 1 rings (SSSR count). The lowest BCUT2D eigenvalue weighted by Gasteiger charge is -2.24. The Kier molecular flexibility index (Phi) is 5.83. The van der Waals surface area contributed by atoms with Gasteiger partial charge in [-0.1, -0.05) is 43.7 Å². The minimum atomic E-state index is 0.282. The number of nitrogens with zero attached hydrogens (tertiary/aromatic N) is 1. The predicted molar refractivity (Wildman–Crippen MR) is 79.6 cm³/mol. The summed E-state index contributed by atoms with van der Waals surface area (Å²) < 4.78 is 0. The van der Waals surface area contributed by atoms with Gasteiger partial charge in [-0.05, 0) is 50.9 Å². The molecule has 0 aliphatic rings. The van der Waals surface area contributed by atoms with Crippen LogP contribution >= 0.6 is 0 Å². The van der Waals surface area contributed by atoms with Crippen molar-refractivity contribution in [3.63, 3.8) is 0 Å². The quantitative estimate of drug-likeness (QED) is 0.803. The fraction of sp³-hybridized carbons (Fsp3) is 0.625. The van der Waals surface area contributed by atoms with E-state index in [-0.39, 0.29) is 5.41 Å². The van der Waals surface area contributed by atoms with Crippen molar-refractivity contribution >= 4 is 0 Å². The summed E-state index contributed by atoms with van der Waals surface area (Å²) in [6.07, 6.45) is 2.41. The first kappa shape index (κ1) is 15.2. The highest BCUT2D eigenvalue weighted by Crippen LogP contribution is 2.20. The first-order valence-corrected chi connectivity index (χ1v) is 6.87. The first-order valence-electron chi connectivity index (χ1n) is 6.87. The average molecular weight is 248 g/mol. The lowest BCUT2D eigenvalue weighted by atomic mass is 9.88. The smallest absolute Gasteiger partial charge is 0.0230 e. The Balaban J connectivity index is 2.32. The van der Waals surface area contributed by atoms with Crippen LogP contribution in [-0.2, 0) is 6.54 Å². The fourth-order valence-electron chi connectivity index (χ4n) is 2.13. The number of nitrogens with two attached hydrogens (primary N) is 1. The zero-order valence-corrected chi connectivity index (χ0v) is 12.4. The van der Waals surface area contributed by atoms with Crippen molar-refractivity contribution in [3.05, 3.63) is 35.4 Å². The summed E-state index contributed by atoms with van der Waals surface area (Å²) in [4.78, 5) is 2.39. The summed E-state index contributed by atoms with van der Waals surface area (Å²) >= 11 is 0. The standard InChI is InChI=1S/C16H28N2/c1-14-7-5-8-15(11-14)12-18(4)10-6-9-16(2,3)13-17/h5,7-8,11H,6,9-10,12-13,17H2,1-4H3. The van der Waals surface area contributed by atoms with Crippen molar-refractivity contribution in [2.24, 2.45) is 11.1 Å². The maximum absolute atomic E-state index is 5.75. The van der Waals surface area contributed by atoms with Crippen LogP contribution in [-0.4, -0.2) is 25.0 Å². The molecule has 0 bridgehead atoms. The molecular weight excluding hydrogens is 220 g/mol. The van der Waals surface area contributed by atoms with E-state index in [9.17, 15) is 0 Å². The van der Waals surface area contributed by atoms with Crippen LogP contribution in [0.25, 0.3) is 0 Å². The second kappa shape index (κ2) is 6.91. The van der Waals surface area contributed by atoms with Gasteiger partial charge in [-0.3, -0.25) is 0 Å². The van der Waals surface area contributed by atoms with E-state index in [1.165, 1.54) is 24.0 Å². The molecule has 0 saturated heterocycles. The summed E-state index contributed by atoms with van der Waals surface area (Å²) in [6, 6.07) is 8.75. The topological polar surface area (TPSA) is 29.3 Å². The minimum Gasteiger partial charge on any atom is -0.330 e. The van der Waals surface area contributed by atoms with Crippen LogP contribution in [0.3, 0.4) is 0 Å². The highest BCUT2D eigenvalue weighted by atomic mass is 15.1. The molecular formula is C16H28N2. The van der Waals surface area contributed by atoms with E-state index in [2.05, 4.69) is 57.0 Å². The zero-order chi connectivity index (χ0) is 13.6. The first-order chi connectivity index (χ1) is 8.43. The SMILES string of the molecule is Cc1cccc(CN(C)CCCC(C)(C)CN)c1. The largest absolute Gasteiger partial charge is 0.330 e. The monoisotopic (exact) mass is 248 g/mol. The Bertz CT molecular complexity index is 358. The van der Waals surface area contributed by atoms with Gasteiger partial charge in [0.15, 0.2) is 0 Å². The summed E-state index contributed by atoms with van der Waals surface area (Å²) in [5.74, 6) is 0. The number of benzene rings is 1. The Hall–Kier alpha value is -0.860. The van der Waals surface area contributed by atoms with Crippen molar-refractivity contribution in [2.45, 2.75) is 40.2 Å². The summed E-state index contributed by atoms with van der Waals surface area (Å²) in [5, 5.41) is 0. The Morgan fingerprint density at radius 3 is 2.61 bits per heavy atom. The van der Waals surface area contributed by atoms with E-state index in [1.54, 1.807) is 0 Å². The molecule has 0 saturated carbocycles. The van der Waals surface area contributed by atoms with Crippen LogP contribution in [0.5, 0.6) is 0 Å². The summed E-state index contributed by atoms with van der Waals surface area (Å²) in [5.41, 5.74) is 8.77. The van der Waals surface area contributed by atoms with Gasteiger partial charge in [0, 0.05) is 6.54 Å². The summed E-state index contributed by atoms with van der Waals surface area (Å²) in [7, 11) is 2.19. The molecule has 0 aliphatic carbocycles. The van der Waals surface area contributed by atoms with Crippen molar-refractivity contribution in [3.8, 4) is 0 Å². The van der Waals surface area contributed by atoms with Gasteiger partial charge in [0.05, 0.1) is 0 Å². The van der Waals surface area contributed by atoms with Crippen molar-refractivity contribution in [2.75, 3.05) is 20.1 Å². The van der Waals surface area contributed by atoms with Gasteiger partial charge < -0.3 is 10.6 Å². The van der Waals surface area contributed by atoms with E-state index >= 15 is 0 Å². The molecule has 0 amide bonds. The van der Waals surface area contributed by atoms with Crippen molar-refractivity contribution in [1.29, 1.82) is 0 Å². The predicted octanol–water partition coefficient (Wildman–Crippen LogP) is 3.19. The highest BCUT2D eigenvalue weighted by Gasteiger charge is 2.14. The molecule has 0 aliphatic heterocycles. The lowest BCUT2D eigenvalue weighted by molar-refractivity contribution is 0.273. The Morgan fingerprint density at radius 2 is 2.00 bits per heavy atom. The number of hydrogen-bond acceptors (Lipinski definition) is 2. The van der Waals surface area contributed by atoms with Crippen LogP contribution in [0.15, 0.2) is 24.3 Å². The molecule has 1 aromatic rings. The van der Waals surface area contributed by atoms with E-state index in [1.807, 2.05) is 0 Å².